The Kier molecular flexibility index (Phi) is 21.8. The predicted octanol–water partition coefficient (Wildman–Crippen LogP) is 0.887. The average molecular weight is 521 g/mol. The van der Waals surface area contributed by atoms with Crippen LogP contribution in [-0.4, -0.2) is 129 Å². The molecule has 0 aromatic heterocycles. The summed E-state index contributed by atoms with van der Waals surface area (Å²) in [6.07, 6.45) is 2.99. The summed E-state index contributed by atoms with van der Waals surface area (Å²) in [5.41, 5.74) is 0. The van der Waals surface area contributed by atoms with Crippen LogP contribution in [0.25, 0.3) is 0 Å². The number of rotatable bonds is 24. The van der Waals surface area contributed by atoms with E-state index in [0.29, 0.717) is 105 Å². The molecule has 0 aromatic carbocycles. The molecule has 11 heteroatoms. The van der Waals surface area contributed by atoms with Crippen molar-refractivity contribution in [3.05, 3.63) is 0 Å². The average Bonchev–Trinajstić information content (AvgIpc) is 2.89. The van der Waals surface area contributed by atoms with Gasteiger partial charge in [0.1, 0.15) is 0 Å². The fourth-order valence-corrected chi connectivity index (χ4v) is 3.29. The van der Waals surface area contributed by atoms with Crippen molar-refractivity contribution in [1.82, 2.24) is 10.2 Å². The number of likely N-dealkylation sites (tertiary alicyclic amines) is 1. The van der Waals surface area contributed by atoms with Gasteiger partial charge in [0.25, 0.3) is 0 Å². The van der Waals surface area contributed by atoms with Crippen LogP contribution in [0.4, 0.5) is 0 Å². The number of hydrogen-bond donors (Lipinski definition) is 1. The first-order chi connectivity index (χ1) is 17.6. The van der Waals surface area contributed by atoms with Gasteiger partial charge in [-0.2, -0.15) is 0 Å². The fraction of sp³-hybridized carbons (Fsp3) is 0.920. The van der Waals surface area contributed by atoms with Gasteiger partial charge in [-0.3, -0.25) is 9.59 Å². The molecule has 1 heterocycles. The van der Waals surface area contributed by atoms with Crippen LogP contribution in [0.5, 0.6) is 0 Å². The molecule has 0 aromatic rings. The van der Waals surface area contributed by atoms with E-state index in [1.807, 2.05) is 4.90 Å². The molecule has 1 saturated heterocycles. The van der Waals surface area contributed by atoms with E-state index in [2.05, 4.69) is 12.2 Å². The Labute approximate surface area is 216 Å². The van der Waals surface area contributed by atoms with Gasteiger partial charge in [-0.15, -0.1) is 0 Å². The Morgan fingerprint density at radius 1 is 0.611 bits per heavy atom. The summed E-state index contributed by atoms with van der Waals surface area (Å²) in [5.74, 6) is 0.878. The fourth-order valence-electron chi connectivity index (χ4n) is 3.29. The number of hydrogen-bond acceptors (Lipinski definition) is 9. The molecular formula is C25H48N2O9. The van der Waals surface area contributed by atoms with Crippen LogP contribution in [0.3, 0.4) is 0 Å². The van der Waals surface area contributed by atoms with Crippen molar-refractivity contribution < 1.29 is 42.7 Å². The second kappa shape index (κ2) is 24.0. The van der Waals surface area contributed by atoms with Gasteiger partial charge < -0.3 is 43.4 Å². The third-order valence-corrected chi connectivity index (χ3v) is 5.58. The van der Waals surface area contributed by atoms with Crippen LogP contribution < -0.4 is 5.32 Å². The van der Waals surface area contributed by atoms with Crippen molar-refractivity contribution in [3.8, 4) is 0 Å². The van der Waals surface area contributed by atoms with Crippen LogP contribution in [-0.2, 0) is 42.7 Å². The van der Waals surface area contributed by atoms with Gasteiger partial charge >= 0.3 is 0 Å². The summed E-state index contributed by atoms with van der Waals surface area (Å²) in [5, 5.41) is 2.54. The largest absolute Gasteiger partial charge is 0.379 e. The van der Waals surface area contributed by atoms with E-state index < -0.39 is 0 Å². The highest BCUT2D eigenvalue weighted by Gasteiger charge is 2.19. The lowest BCUT2D eigenvalue weighted by Crippen LogP contribution is -2.38. The Morgan fingerprint density at radius 2 is 0.944 bits per heavy atom. The van der Waals surface area contributed by atoms with Gasteiger partial charge in [0.2, 0.25) is 11.8 Å². The van der Waals surface area contributed by atoms with Crippen molar-refractivity contribution >= 4 is 11.8 Å². The zero-order valence-electron chi connectivity index (χ0n) is 22.3. The van der Waals surface area contributed by atoms with Gasteiger partial charge in [-0.05, 0) is 18.8 Å². The summed E-state index contributed by atoms with van der Waals surface area (Å²) in [6, 6.07) is 0. The minimum atomic E-state index is -0.0340. The van der Waals surface area contributed by atoms with Gasteiger partial charge in [0.05, 0.1) is 98.9 Å². The second-order valence-electron chi connectivity index (χ2n) is 8.52. The van der Waals surface area contributed by atoms with E-state index in [0.717, 1.165) is 31.8 Å². The van der Waals surface area contributed by atoms with Crippen molar-refractivity contribution in [2.24, 2.45) is 5.92 Å². The number of nitrogens with zero attached hydrogens (tertiary/aromatic N) is 1. The number of piperidine rings is 1. The minimum Gasteiger partial charge on any atom is -0.379 e. The summed E-state index contributed by atoms with van der Waals surface area (Å²) >= 11 is 0. The Morgan fingerprint density at radius 3 is 1.31 bits per heavy atom. The molecule has 212 valence electrons. The molecule has 11 nitrogen and oxygen atoms in total. The first kappa shape index (κ1) is 32.7. The maximum absolute atomic E-state index is 12.1. The van der Waals surface area contributed by atoms with E-state index >= 15 is 0 Å². The molecular weight excluding hydrogens is 472 g/mol. The molecule has 1 fully saturated rings. The van der Waals surface area contributed by atoms with E-state index in [9.17, 15) is 9.59 Å². The normalized spacial score (nSPS) is 14.3. The molecule has 2 amide bonds. The molecule has 0 unspecified atom stereocenters. The molecule has 1 N–H and O–H groups in total. The van der Waals surface area contributed by atoms with Crippen LogP contribution in [0.2, 0.25) is 0 Å². The molecule has 36 heavy (non-hydrogen) atoms. The standard InChI is InChI=1S/C25H48N2O9/c1-23-3-7-27(8-4-23)25(29)6-10-31-12-14-33-16-18-35-20-22-36-21-19-34-17-15-32-13-11-30-9-5-24(28)26-2/h23H,3-22H2,1-2H3,(H,26,28). The molecule has 1 aliphatic rings. The Balaban J connectivity index is 1.68. The number of ether oxygens (including phenoxy) is 7. The van der Waals surface area contributed by atoms with Crippen molar-refractivity contribution in [2.75, 3.05) is 113 Å². The lowest BCUT2D eigenvalue weighted by atomic mass is 9.99. The monoisotopic (exact) mass is 520 g/mol. The molecule has 0 spiro atoms. The lowest BCUT2D eigenvalue weighted by molar-refractivity contribution is -0.133. The summed E-state index contributed by atoms with van der Waals surface area (Å²) in [6.45, 7) is 10.7. The second-order valence-corrected chi connectivity index (χ2v) is 8.52. The van der Waals surface area contributed by atoms with Crippen LogP contribution in [0.1, 0.15) is 32.6 Å². The number of carbonyl (C=O) groups is 2. The third kappa shape index (κ3) is 19.8. The SMILES string of the molecule is CNC(=O)CCOCCOCCOCCOCCOCCOCCOCCC(=O)N1CCC(C)CC1. The van der Waals surface area contributed by atoms with E-state index in [4.69, 9.17) is 33.2 Å². The topological polar surface area (TPSA) is 114 Å². The highest BCUT2D eigenvalue weighted by molar-refractivity contribution is 5.76. The summed E-state index contributed by atoms with van der Waals surface area (Å²) in [7, 11) is 1.60. The van der Waals surface area contributed by atoms with Gasteiger partial charge in [0, 0.05) is 26.6 Å². The maximum atomic E-state index is 12.1. The Bertz CT molecular complexity index is 532. The highest BCUT2D eigenvalue weighted by Crippen LogP contribution is 2.16. The minimum absolute atomic E-state index is 0.0340. The quantitative estimate of drug-likeness (QED) is 0.185. The number of amides is 2. The van der Waals surface area contributed by atoms with Crippen molar-refractivity contribution in [1.29, 1.82) is 0 Å². The van der Waals surface area contributed by atoms with Crippen LogP contribution in [0.15, 0.2) is 0 Å². The van der Waals surface area contributed by atoms with Crippen molar-refractivity contribution in [2.45, 2.75) is 32.6 Å². The lowest BCUT2D eigenvalue weighted by Gasteiger charge is -2.30. The van der Waals surface area contributed by atoms with E-state index in [1.165, 1.54) is 0 Å². The summed E-state index contributed by atoms with van der Waals surface area (Å²) in [4.78, 5) is 25.0. The molecule has 1 aliphatic heterocycles. The summed E-state index contributed by atoms with van der Waals surface area (Å²) < 4.78 is 37.9. The van der Waals surface area contributed by atoms with Crippen LogP contribution >= 0.6 is 0 Å². The van der Waals surface area contributed by atoms with E-state index in [-0.39, 0.29) is 11.8 Å². The molecule has 0 saturated carbocycles. The molecule has 0 radical (unpaired) electrons. The maximum Gasteiger partial charge on any atom is 0.224 e. The first-order valence-electron chi connectivity index (χ1n) is 13.2. The van der Waals surface area contributed by atoms with Crippen molar-refractivity contribution in [3.63, 3.8) is 0 Å². The smallest absolute Gasteiger partial charge is 0.224 e. The zero-order chi connectivity index (χ0) is 26.1. The van der Waals surface area contributed by atoms with Gasteiger partial charge in [-0.25, -0.2) is 0 Å². The van der Waals surface area contributed by atoms with E-state index in [1.54, 1.807) is 7.05 Å². The molecule has 0 bridgehead atoms. The highest BCUT2D eigenvalue weighted by atomic mass is 16.6. The Hall–Kier alpha value is -1.34. The van der Waals surface area contributed by atoms with Gasteiger partial charge in [0.15, 0.2) is 0 Å². The van der Waals surface area contributed by atoms with Crippen LogP contribution in [0, 0.1) is 5.92 Å². The first-order valence-corrected chi connectivity index (χ1v) is 13.2. The third-order valence-electron chi connectivity index (χ3n) is 5.58. The van der Waals surface area contributed by atoms with Gasteiger partial charge in [-0.1, -0.05) is 6.92 Å². The molecule has 1 rings (SSSR count). The predicted molar refractivity (Wildman–Crippen MR) is 134 cm³/mol. The molecule has 0 atom stereocenters. The number of carbonyl (C=O) groups excluding carboxylic acids is 2. The number of nitrogens with one attached hydrogen (secondary N) is 1. The zero-order valence-corrected chi connectivity index (χ0v) is 22.3. The molecule has 0 aliphatic carbocycles.